The molecule has 3 heterocycles. The van der Waals surface area contributed by atoms with E-state index in [-0.39, 0.29) is 18.1 Å². The molecule has 0 fully saturated rings. The van der Waals surface area contributed by atoms with Gasteiger partial charge in [0.25, 0.3) is 5.56 Å². The van der Waals surface area contributed by atoms with E-state index in [1.165, 1.54) is 26.7 Å². The predicted molar refractivity (Wildman–Crippen MR) is 93.8 cm³/mol. The van der Waals surface area contributed by atoms with E-state index < -0.39 is 0 Å². The molecule has 0 spiro atoms. The summed E-state index contributed by atoms with van der Waals surface area (Å²) in [5.41, 5.74) is 2.74. The number of nitrogens with zero attached hydrogens (tertiary/aromatic N) is 2. The van der Waals surface area contributed by atoms with E-state index in [1.54, 1.807) is 6.07 Å². The Morgan fingerprint density at radius 3 is 2.79 bits per heavy atom. The zero-order valence-corrected chi connectivity index (χ0v) is 14.6. The molecule has 3 aromatic rings. The maximum atomic E-state index is 12.2. The van der Waals surface area contributed by atoms with Gasteiger partial charge < -0.3 is 4.74 Å². The zero-order chi connectivity index (χ0) is 17.3. The van der Waals surface area contributed by atoms with Crippen molar-refractivity contribution in [3.8, 4) is 0 Å². The molecule has 5 nitrogen and oxygen atoms in total. The lowest BCUT2D eigenvalue weighted by Gasteiger charge is -2.07. The minimum Gasteiger partial charge on any atom is -0.455 e. The number of ether oxygens (including phenoxy) is 1. The Morgan fingerprint density at radius 2 is 2.08 bits per heavy atom. The molecule has 0 bridgehead atoms. The number of carbonyl (C=O) groups is 1. The summed E-state index contributed by atoms with van der Waals surface area (Å²) < 4.78 is 6.85. The van der Waals surface area contributed by atoms with Gasteiger partial charge in [-0.1, -0.05) is 13.0 Å². The zero-order valence-electron chi connectivity index (χ0n) is 13.8. The maximum absolute atomic E-state index is 12.2. The second kappa shape index (κ2) is 6.57. The van der Waals surface area contributed by atoms with Crippen LogP contribution in [0.25, 0.3) is 5.65 Å². The van der Waals surface area contributed by atoms with Gasteiger partial charge in [0.2, 0.25) is 0 Å². The predicted octanol–water partition coefficient (Wildman–Crippen LogP) is 3.29. The van der Waals surface area contributed by atoms with Gasteiger partial charge in [-0.25, -0.2) is 9.78 Å². The number of rotatable bonds is 4. The third-order valence-electron chi connectivity index (χ3n) is 3.83. The Labute approximate surface area is 143 Å². The highest BCUT2D eigenvalue weighted by molar-refractivity contribution is 7.14. The number of carbonyl (C=O) groups excluding carboxylic acids is 1. The second-order valence-corrected chi connectivity index (χ2v) is 6.73. The topological polar surface area (TPSA) is 60.7 Å². The maximum Gasteiger partial charge on any atom is 0.348 e. The van der Waals surface area contributed by atoms with Crippen molar-refractivity contribution >= 4 is 23.0 Å². The minimum absolute atomic E-state index is 0.0169. The van der Waals surface area contributed by atoms with E-state index in [9.17, 15) is 9.59 Å². The highest BCUT2D eigenvalue weighted by Gasteiger charge is 2.14. The van der Waals surface area contributed by atoms with Gasteiger partial charge in [-0.05, 0) is 44.0 Å². The van der Waals surface area contributed by atoms with Crippen molar-refractivity contribution in [2.45, 2.75) is 33.8 Å². The molecule has 0 aromatic carbocycles. The molecule has 0 saturated carbocycles. The molecule has 3 rings (SSSR count). The van der Waals surface area contributed by atoms with Crippen LogP contribution in [0.15, 0.2) is 35.1 Å². The summed E-state index contributed by atoms with van der Waals surface area (Å²) in [6, 6.07) is 8.70. The van der Waals surface area contributed by atoms with Crippen LogP contribution < -0.4 is 5.56 Å². The number of fused-ring (bicyclic) bond motifs is 1. The van der Waals surface area contributed by atoms with Crippen LogP contribution in [-0.2, 0) is 17.8 Å². The van der Waals surface area contributed by atoms with Gasteiger partial charge in [0.15, 0.2) is 0 Å². The van der Waals surface area contributed by atoms with Crippen molar-refractivity contribution in [2.75, 3.05) is 0 Å². The van der Waals surface area contributed by atoms with Crippen molar-refractivity contribution in [3.05, 3.63) is 67.4 Å². The van der Waals surface area contributed by atoms with Crippen LogP contribution in [-0.4, -0.2) is 15.4 Å². The summed E-state index contributed by atoms with van der Waals surface area (Å²) in [6.07, 6.45) is 0.895. The van der Waals surface area contributed by atoms with E-state index in [0.29, 0.717) is 16.2 Å². The summed E-state index contributed by atoms with van der Waals surface area (Å²) in [4.78, 5) is 30.5. The first-order valence-corrected chi connectivity index (χ1v) is 8.56. The Hall–Kier alpha value is -2.47. The Balaban J connectivity index is 1.80. The van der Waals surface area contributed by atoms with Crippen LogP contribution in [0.4, 0.5) is 0 Å². The minimum atomic E-state index is -0.381. The molecule has 124 valence electrons. The number of pyridine rings is 1. The number of aromatic nitrogens is 2. The van der Waals surface area contributed by atoms with E-state index >= 15 is 0 Å². The van der Waals surface area contributed by atoms with Gasteiger partial charge >= 0.3 is 5.97 Å². The molecule has 6 heteroatoms. The fourth-order valence-electron chi connectivity index (χ4n) is 2.62. The third kappa shape index (κ3) is 3.10. The van der Waals surface area contributed by atoms with Crippen LogP contribution in [0, 0.1) is 13.8 Å². The van der Waals surface area contributed by atoms with Crippen LogP contribution in [0.2, 0.25) is 0 Å². The van der Waals surface area contributed by atoms with Crippen LogP contribution in [0.3, 0.4) is 0 Å². The van der Waals surface area contributed by atoms with Gasteiger partial charge in [0, 0.05) is 16.6 Å². The molecule has 0 amide bonds. The number of esters is 1. The van der Waals surface area contributed by atoms with Gasteiger partial charge in [-0.15, -0.1) is 11.3 Å². The first-order valence-electron chi connectivity index (χ1n) is 7.74. The van der Waals surface area contributed by atoms with E-state index in [2.05, 4.69) is 11.9 Å². The van der Waals surface area contributed by atoms with E-state index in [4.69, 9.17) is 4.74 Å². The molecule has 0 saturated heterocycles. The molecule has 0 atom stereocenters. The normalized spacial score (nSPS) is 11.0. The van der Waals surface area contributed by atoms with Crippen molar-refractivity contribution in [3.63, 3.8) is 0 Å². The number of hydrogen-bond acceptors (Lipinski definition) is 5. The van der Waals surface area contributed by atoms with Crippen molar-refractivity contribution in [2.24, 2.45) is 0 Å². The molecule has 0 N–H and O–H groups in total. The van der Waals surface area contributed by atoms with Crippen LogP contribution in [0.1, 0.15) is 38.4 Å². The standard InChI is InChI=1S/C18H18N2O3S/c1-4-14-11(2)8-15(24-14)18(22)23-10-13-9-17(21)20-12(3)6-5-7-16(20)19-13/h5-9H,4,10H2,1-3H3. The SMILES string of the molecule is CCc1sc(C(=O)OCc2cc(=O)n3c(C)cccc3n2)cc1C. The highest BCUT2D eigenvalue weighted by Crippen LogP contribution is 2.23. The summed E-state index contributed by atoms with van der Waals surface area (Å²) in [5.74, 6) is -0.381. The van der Waals surface area contributed by atoms with Crippen LogP contribution in [0.5, 0.6) is 0 Å². The lowest BCUT2D eigenvalue weighted by Crippen LogP contribution is -2.18. The third-order valence-corrected chi connectivity index (χ3v) is 5.19. The molecule has 3 aromatic heterocycles. The molecule has 0 aliphatic rings. The molecule has 24 heavy (non-hydrogen) atoms. The number of hydrogen-bond donors (Lipinski definition) is 0. The molecule has 0 radical (unpaired) electrons. The molecule has 0 aliphatic heterocycles. The van der Waals surface area contributed by atoms with E-state index in [1.807, 2.05) is 32.0 Å². The van der Waals surface area contributed by atoms with Crippen molar-refractivity contribution < 1.29 is 9.53 Å². The molecular formula is C18H18N2O3S. The van der Waals surface area contributed by atoms with Gasteiger partial charge in [-0.2, -0.15) is 0 Å². The van der Waals surface area contributed by atoms with Gasteiger partial charge in [0.1, 0.15) is 17.1 Å². The first kappa shape index (κ1) is 16.4. The smallest absolute Gasteiger partial charge is 0.348 e. The van der Waals surface area contributed by atoms with Gasteiger partial charge in [0.05, 0.1) is 5.69 Å². The second-order valence-electron chi connectivity index (χ2n) is 5.59. The summed E-state index contributed by atoms with van der Waals surface area (Å²) >= 11 is 1.45. The number of aryl methyl sites for hydroxylation is 3. The average molecular weight is 342 g/mol. The molecular weight excluding hydrogens is 324 g/mol. The van der Waals surface area contributed by atoms with Crippen molar-refractivity contribution in [1.29, 1.82) is 0 Å². The fourth-order valence-corrected chi connectivity index (χ4v) is 3.63. The summed E-state index contributed by atoms with van der Waals surface area (Å²) in [7, 11) is 0. The average Bonchev–Trinajstić information content (AvgIpc) is 2.93. The monoisotopic (exact) mass is 342 g/mol. The van der Waals surface area contributed by atoms with Crippen LogP contribution >= 0.6 is 11.3 Å². The fraction of sp³-hybridized carbons (Fsp3) is 0.278. The van der Waals surface area contributed by atoms with Gasteiger partial charge in [-0.3, -0.25) is 9.20 Å². The van der Waals surface area contributed by atoms with E-state index in [0.717, 1.165) is 17.7 Å². The Bertz CT molecular complexity index is 972. The lowest BCUT2D eigenvalue weighted by atomic mass is 10.2. The van der Waals surface area contributed by atoms with Crippen molar-refractivity contribution in [1.82, 2.24) is 9.38 Å². The Morgan fingerprint density at radius 1 is 1.29 bits per heavy atom. The molecule has 0 aliphatic carbocycles. The Kier molecular flexibility index (Phi) is 4.49. The number of thiophene rings is 1. The largest absolute Gasteiger partial charge is 0.455 e. The highest BCUT2D eigenvalue weighted by atomic mass is 32.1. The first-order chi connectivity index (χ1) is 11.5. The lowest BCUT2D eigenvalue weighted by molar-refractivity contribution is 0.0473. The summed E-state index contributed by atoms with van der Waals surface area (Å²) in [6.45, 7) is 5.87. The quantitative estimate of drug-likeness (QED) is 0.683. The molecule has 0 unspecified atom stereocenters. The summed E-state index contributed by atoms with van der Waals surface area (Å²) in [5, 5.41) is 0.